The van der Waals surface area contributed by atoms with Crippen LogP contribution in [-0.4, -0.2) is 26.5 Å². The number of ketones is 1. The molecule has 1 saturated carbocycles. The van der Waals surface area contributed by atoms with E-state index in [-0.39, 0.29) is 18.2 Å². The highest BCUT2D eigenvalue weighted by Gasteiger charge is 2.30. The van der Waals surface area contributed by atoms with Gasteiger partial charge in [-0.15, -0.1) is 0 Å². The maximum atomic E-state index is 12.6. The van der Waals surface area contributed by atoms with Crippen LogP contribution in [0.1, 0.15) is 36.9 Å². The SMILES string of the molecule is Cc1nc2n(CC(=O)C3CCCCC3O)cccc-2c1CC#N. The number of carbonyl (C=O) groups excluding carboxylic acids is 1. The second kappa shape index (κ2) is 6.51. The molecule has 5 nitrogen and oxygen atoms in total. The monoisotopic (exact) mass is 311 g/mol. The summed E-state index contributed by atoms with van der Waals surface area (Å²) in [6.07, 6.45) is 5.13. The van der Waals surface area contributed by atoms with E-state index in [1.807, 2.05) is 29.8 Å². The predicted octanol–water partition coefficient (Wildman–Crippen LogP) is 2.48. The summed E-state index contributed by atoms with van der Waals surface area (Å²) in [4.78, 5) is 17.1. The summed E-state index contributed by atoms with van der Waals surface area (Å²) >= 11 is 0. The molecule has 3 aliphatic rings. The molecule has 1 fully saturated rings. The minimum Gasteiger partial charge on any atom is -0.392 e. The molecule has 120 valence electrons. The average Bonchev–Trinajstić information content (AvgIpc) is 2.85. The number of aliphatic hydroxyl groups is 1. The molecule has 5 heteroatoms. The van der Waals surface area contributed by atoms with Crippen molar-refractivity contribution in [1.82, 2.24) is 9.55 Å². The number of fused-ring (bicyclic) bond motifs is 1. The van der Waals surface area contributed by atoms with Crippen molar-refractivity contribution in [3.63, 3.8) is 0 Å². The highest BCUT2D eigenvalue weighted by Crippen LogP contribution is 2.30. The first-order valence-corrected chi connectivity index (χ1v) is 8.14. The van der Waals surface area contributed by atoms with Gasteiger partial charge < -0.3 is 9.67 Å². The number of nitrogens with zero attached hydrogens (tertiary/aromatic N) is 3. The molecule has 0 spiro atoms. The van der Waals surface area contributed by atoms with E-state index >= 15 is 0 Å². The molecule has 2 heterocycles. The van der Waals surface area contributed by atoms with Crippen molar-refractivity contribution in [3.05, 3.63) is 29.6 Å². The highest BCUT2D eigenvalue weighted by molar-refractivity contribution is 5.82. The maximum Gasteiger partial charge on any atom is 0.158 e. The van der Waals surface area contributed by atoms with E-state index in [2.05, 4.69) is 11.1 Å². The minimum atomic E-state index is -0.514. The largest absolute Gasteiger partial charge is 0.392 e. The van der Waals surface area contributed by atoms with Gasteiger partial charge in [0.1, 0.15) is 5.82 Å². The number of aliphatic hydroxyl groups excluding tert-OH is 1. The van der Waals surface area contributed by atoms with Crippen LogP contribution < -0.4 is 0 Å². The van der Waals surface area contributed by atoms with Crippen LogP contribution in [0.15, 0.2) is 18.3 Å². The van der Waals surface area contributed by atoms with Gasteiger partial charge in [-0.05, 0) is 37.5 Å². The van der Waals surface area contributed by atoms with Gasteiger partial charge in [0.15, 0.2) is 5.78 Å². The van der Waals surface area contributed by atoms with Gasteiger partial charge >= 0.3 is 0 Å². The molecule has 2 atom stereocenters. The molecule has 1 aliphatic carbocycles. The van der Waals surface area contributed by atoms with Crippen LogP contribution in [0, 0.1) is 24.2 Å². The van der Waals surface area contributed by atoms with Gasteiger partial charge in [0.05, 0.1) is 25.1 Å². The lowest BCUT2D eigenvalue weighted by atomic mass is 9.83. The van der Waals surface area contributed by atoms with Gasteiger partial charge in [-0.3, -0.25) is 4.79 Å². The molecule has 23 heavy (non-hydrogen) atoms. The summed E-state index contributed by atoms with van der Waals surface area (Å²) in [5, 5.41) is 19.0. The third-order valence-corrected chi connectivity index (χ3v) is 4.80. The van der Waals surface area contributed by atoms with Gasteiger partial charge in [0, 0.05) is 23.4 Å². The van der Waals surface area contributed by atoms with Crippen molar-refractivity contribution in [2.24, 2.45) is 5.92 Å². The van der Waals surface area contributed by atoms with Crippen LogP contribution in [0.25, 0.3) is 11.4 Å². The molecule has 0 aromatic rings. The minimum absolute atomic E-state index is 0.0668. The van der Waals surface area contributed by atoms with Crippen molar-refractivity contribution in [2.45, 2.75) is 51.7 Å². The van der Waals surface area contributed by atoms with E-state index in [9.17, 15) is 9.90 Å². The summed E-state index contributed by atoms with van der Waals surface area (Å²) in [5.74, 6) is 0.548. The predicted molar refractivity (Wildman–Crippen MR) is 85.9 cm³/mol. The first-order chi connectivity index (χ1) is 11.1. The zero-order chi connectivity index (χ0) is 16.4. The second-order valence-corrected chi connectivity index (χ2v) is 6.31. The standard InChI is InChI=1S/C18H21N3O2/c1-12-13(8-9-19)14-6-4-10-21(18(14)20-12)11-17(23)15-5-2-3-7-16(15)22/h4,6,10,15-16,22H,2-3,5,7-8,11H2,1H3. The summed E-state index contributed by atoms with van der Waals surface area (Å²) in [6.45, 7) is 2.12. The number of rotatable bonds is 4. The zero-order valence-corrected chi connectivity index (χ0v) is 13.3. The molecular formula is C18H21N3O2. The fourth-order valence-electron chi connectivity index (χ4n) is 3.53. The average molecular weight is 311 g/mol. The number of carbonyl (C=O) groups is 1. The van der Waals surface area contributed by atoms with Crippen molar-refractivity contribution >= 4 is 5.78 Å². The van der Waals surface area contributed by atoms with Crippen LogP contribution in [0.5, 0.6) is 0 Å². The molecule has 0 saturated heterocycles. The number of aromatic nitrogens is 2. The number of nitriles is 1. The maximum absolute atomic E-state index is 12.6. The third kappa shape index (κ3) is 2.99. The fourth-order valence-corrected chi connectivity index (χ4v) is 3.53. The molecule has 3 rings (SSSR count). The van der Waals surface area contributed by atoms with E-state index in [1.54, 1.807) is 0 Å². The Bertz CT molecular complexity index is 729. The quantitative estimate of drug-likeness (QED) is 0.941. The smallest absolute Gasteiger partial charge is 0.158 e. The van der Waals surface area contributed by atoms with E-state index < -0.39 is 6.10 Å². The van der Waals surface area contributed by atoms with Crippen molar-refractivity contribution in [2.75, 3.05) is 0 Å². The lowest BCUT2D eigenvalue weighted by Crippen LogP contribution is -2.33. The summed E-state index contributed by atoms with van der Waals surface area (Å²) in [6, 6.07) is 6.00. The molecule has 0 radical (unpaired) electrons. The van der Waals surface area contributed by atoms with Gasteiger partial charge in [-0.25, -0.2) is 4.98 Å². The van der Waals surface area contributed by atoms with E-state index in [0.29, 0.717) is 12.8 Å². The Morgan fingerprint density at radius 2 is 2.26 bits per heavy atom. The molecule has 0 amide bonds. The third-order valence-electron chi connectivity index (χ3n) is 4.80. The number of pyridine rings is 1. The van der Waals surface area contributed by atoms with Gasteiger partial charge in [-0.1, -0.05) is 12.8 Å². The molecular weight excluding hydrogens is 290 g/mol. The lowest BCUT2D eigenvalue weighted by molar-refractivity contribution is -0.128. The van der Waals surface area contributed by atoms with Gasteiger partial charge in [-0.2, -0.15) is 5.26 Å². The Morgan fingerprint density at radius 1 is 1.48 bits per heavy atom. The van der Waals surface area contributed by atoms with Crippen LogP contribution in [0.2, 0.25) is 0 Å². The Labute approximate surface area is 135 Å². The van der Waals surface area contributed by atoms with E-state index in [1.165, 1.54) is 0 Å². The summed E-state index contributed by atoms with van der Waals surface area (Å²) in [7, 11) is 0. The number of Topliss-reactive ketones (excluding diaryl/α,β-unsaturated/α-hetero) is 1. The first-order valence-electron chi connectivity index (χ1n) is 8.14. The van der Waals surface area contributed by atoms with E-state index in [0.717, 1.165) is 41.9 Å². The molecule has 2 unspecified atom stereocenters. The second-order valence-electron chi connectivity index (χ2n) is 6.31. The summed E-state index contributed by atoms with van der Waals surface area (Å²) in [5.41, 5.74) is 2.71. The molecule has 0 aromatic heterocycles. The lowest BCUT2D eigenvalue weighted by Gasteiger charge is -2.26. The fraction of sp³-hybridized carbons (Fsp3) is 0.500. The van der Waals surface area contributed by atoms with Crippen LogP contribution >= 0.6 is 0 Å². The number of hydrogen-bond donors (Lipinski definition) is 1. The molecule has 0 aromatic carbocycles. The normalized spacial score (nSPS) is 21.3. The first kappa shape index (κ1) is 15.7. The van der Waals surface area contributed by atoms with Crippen LogP contribution in [0.4, 0.5) is 0 Å². The zero-order valence-electron chi connectivity index (χ0n) is 13.3. The molecule has 1 N–H and O–H groups in total. The number of hydrogen-bond acceptors (Lipinski definition) is 4. The highest BCUT2D eigenvalue weighted by atomic mass is 16.3. The van der Waals surface area contributed by atoms with Gasteiger partial charge in [0.2, 0.25) is 0 Å². The van der Waals surface area contributed by atoms with Crippen molar-refractivity contribution < 1.29 is 9.90 Å². The Kier molecular flexibility index (Phi) is 4.44. The van der Waals surface area contributed by atoms with Gasteiger partial charge in [0.25, 0.3) is 0 Å². The van der Waals surface area contributed by atoms with Crippen molar-refractivity contribution in [1.29, 1.82) is 5.26 Å². The Balaban J connectivity index is 1.86. The number of aryl methyl sites for hydroxylation is 1. The topological polar surface area (TPSA) is 78.9 Å². The Hall–Kier alpha value is -2.19. The summed E-state index contributed by atoms with van der Waals surface area (Å²) < 4.78 is 1.84. The molecule has 2 aliphatic heterocycles. The van der Waals surface area contributed by atoms with Crippen molar-refractivity contribution in [3.8, 4) is 17.5 Å². The van der Waals surface area contributed by atoms with Crippen LogP contribution in [-0.2, 0) is 17.8 Å². The Morgan fingerprint density at radius 3 is 3.00 bits per heavy atom. The van der Waals surface area contributed by atoms with E-state index in [4.69, 9.17) is 5.26 Å². The molecule has 0 bridgehead atoms. The van der Waals surface area contributed by atoms with Crippen LogP contribution in [0.3, 0.4) is 0 Å².